The Hall–Kier alpha value is -1.14. The van der Waals surface area contributed by atoms with Crippen molar-refractivity contribution in [3.05, 3.63) is 15.6 Å². The molecule has 0 atom stereocenters. The molecule has 1 aromatic heterocycles. The van der Waals surface area contributed by atoms with E-state index in [2.05, 4.69) is 46.4 Å². The van der Waals surface area contributed by atoms with Gasteiger partial charge in [-0.25, -0.2) is 4.98 Å². The molecule has 1 aliphatic heterocycles. The maximum Gasteiger partial charge on any atom is 0.190 e. The number of hydrogen-bond acceptors (Lipinski definition) is 4. The molecule has 0 aliphatic carbocycles. The standard InChI is InChI=1S/C16H29N5S/c1-12-13(2)22-15(20-12)5-8-18-16(17-3)19-11-14-6-9-21(4)10-7-14/h14H,5-11H2,1-4H3,(H2,17,18,19). The van der Waals surface area contributed by atoms with Gasteiger partial charge in [-0.05, 0) is 52.7 Å². The fourth-order valence-corrected chi connectivity index (χ4v) is 3.60. The summed E-state index contributed by atoms with van der Waals surface area (Å²) in [6, 6.07) is 0. The first-order valence-electron chi connectivity index (χ1n) is 8.14. The van der Waals surface area contributed by atoms with E-state index in [4.69, 9.17) is 0 Å². The van der Waals surface area contributed by atoms with Gasteiger partial charge in [-0.3, -0.25) is 4.99 Å². The molecule has 0 bridgehead atoms. The van der Waals surface area contributed by atoms with Crippen LogP contribution in [0.4, 0.5) is 0 Å². The monoisotopic (exact) mass is 323 g/mol. The van der Waals surface area contributed by atoms with Crippen molar-refractivity contribution in [3.63, 3.8) is 0 Å². The molecular weight excluding hydrogens is 294 g/mol. The Balaban J connectivity index is 1.67. The highest BCUT2D eigenvalue weighted by Crippen LogP contribution is 2.16. The van der Waals surface area contributed by atoms with Crippen LogP contribution in [-0.4, -0.2) is 56.1 Å². The number of aryl methyl sites for hydroxylation is 2. The van der Waals surface area contributed by atoms with E-state index in [1.165, 1.54) is 35.8 Å². The van der Waals surface area contributed by atoms with E-state index >= 15 is 0 Å². The van der Waals surface area contributed by atoms with Gasteiger partial charge in [0.25, 0.3) is 0 Å². The molecule has 2 N–H and O–H groups in total. The van der Waals surface area contributed by atoms with E-state index < -0.39 is 0 Å². The molecular formula is C16H29N5S. The molecule has 5 nitrogen and oxygen atoms in total. The van der Waals surface area contributed by atoms with Crippen LogP contribution in [-0.2, 0) is 6.42 Å². The van der Waals surface area contributed by atoms with E-state index in [9.17, 15) is 0 Å². The van der Waals surface area contributed by atoms with Gasteiger partial charge in [0.1, 0.15) is 0 Å². The van der Waals surface area contributed by atoms with Crippen molar-refractivity contribution in [2.45, 2.75) is 33.1 Å². The van der Waals surface area contributed by atoms with E-state index in [1.807, 2.05) is 7.05 Å². The maximum atomic E-state index is 4.57. The molecule has 6 heteroatoms. The molecule has 1 saturated heterocycles. The van der Waals surface area contributed by atoms with Gasteiger partial charge >= 0.3 is 0 Å². The lowest BCUT2D eigenvalue weighted by Gasteiger charge is -2.29. The Bertz CT molecular complexity index is 469. The maximum absolute atomic E-state index is 4.57. The lowest BCUT2D eigenvalue weighted by molar-refractivity contribution is 0.220. The first-order valence-corrected chi connectivity index (χ1v) is 8.96. The zero-order valence-corrected chi connectivity index (χ0v) is 15.1. The quantitative estimate of drug-likeness (QED) is 0.641. The molecule has 1 aliphatic rings. The SMILES string of the molecule is CN=C(NCCc1nc(C)c(C)s1)NCC1CCN(C)CC1. The third kappa shape index (κ3) is 5.25. The van der Waals surface area contributed by atoms with Crippen LogP contribution in [0.5, 0.6) is 0 Å². The number of aromatic nitrogens is 1. The average molecular weight is 324 g/mol. The fraction of sp³-hybridized carbons (Fsp3) is 0.750. The largest absolute Gasteiger partial charge is 0.356 e. The van der Waals surface area contributed by atoms with Crippen molar-refractivity contribution in [2.24, 2.45) is 10.9 Å². The minimum Gasteiger partial charge on any atom is -0.356 e. The first kappa shape index (κ1) is 17.2. The van der Waals surface area contributed by atoms with Gasteiger partial charge in [0.2, 0.25) is 0 Å². The summed E-state index contributed by atoms with van der Waals surface area (Å²) in [5, 5.41) is 8.05. The molecule has 124 valence electrons. The molecule has 0 radical (unpaired) electrons. The van der Waals surface area contributed by atoms with Crippen molar-refractivity contribution < 1.29 is 0 Å². The van der Waals surface area contributed by atoms with Crippen molar-refractivity contribution in [3.8, 4) is 0 Å². The van der Waals surface area contributed by atoms with Crippen LogP contribution < -0.4 is 10.6 Å². The van der Waals surface area contributed by atoms with Crippen LogP contribution in [0.15, 0.2) is 4.99 Å². The number of thiazole rings is 1. The lowest BCUT2D eigenvalue weighted by Crippen LogP contribution is -2.42. The van der Waals surface area contributed by atoms with Crippen LogP contribution >= 0.6 is 11.3 Å². The molecule has 2 heterocycles. The van der Waals surface area contributed by atoms with Gasteiger partial charge in [-0.15, -0.1) is 11.3 Å². The lowest BCUT2D eigenvalue weighted by atomic mass is 9.97. The Morgan fingerprint density at radius 2 is 2.05 bits per heavy atom. The van der Waals surface area contributed by atoms with Crippen LogP contribution in [0, 0.1) is 19.8 Å². The summed E-state index contributed by atoms with van der Waals surface area (Å²) in [4.78, 5) is 12.6. The Kier molecular flexibility index (Phi) is 6.64. The van der Waals surface area contributed by atoms with Crippen molar-refractivity contribution in [1.29, 1.82) is 0 Å². The average Bonchev–Trinajstić information content (AvgIpc) is 2.83. The molecule has 0 aromatic carbocycles. The second-order valence-electron chi connectivity index (χ2n) is 6.13. The third-order valence-corrected chi connectivity index (χ3v) is 5.46. The number of aliphatic imine (C=N–C) groups is 1. The first-order chi connectivity index (χ1) is 10.6. The minimum atomic E-state index is 0.763. The minimum absolute atomic E-state index is 0.763. The highest BCUT2D eigenvalue weighted by atomic mass is 32.1. The number of piperidine rings is 1. The normalized spacial score (nSPS) is 17.7. The summed E-state index contributed by atoms with van der Waals surface area (Å²) in [6.45, 7) is 8.52. The molecule has 0 unspecified atom stereocenters. The smallest absolute Gasteiger partial charge is 0.190 e. The van der Waals surface area contributed by atoms with Crippen LogP contribution in [0.1, 0.15) is 28.4 Å². The molecule has 2 rings (SSSR count). The molecule has 0 saturated carbocycles. The number of nitrogens with one attached hydrogen (secondary N) is 2. The van der Waals surface area contributed by atoms with Crippen LogP contribution in [0.3, 0.4) is 0 Å². The van der Waals surface area contributed by atoms with E-state index in [0.717, 1.165) is 37.1 Å². The number of rotatable bonds is 5. The van der Waals surface area contributed by atoms with E-state index in [-0.39, 0.29) is 0 Å². The highest BCUT2D eigenvalue weighted by molar-refractivity contribution is 7.11. The molecule has 22 heavy (non-hydrogen) atoms. The van der Waals surface area contributed by atoms with Gasteiger partial charge in [0.15, 0.2) is 5.96 Å². The summed E-state index contributed by atoms with van der Waals surface area (Å²) in [5.41, 5.74) is 1.16. The molecule has 0 amide bonds. The second-order valence-corrected chi connectivity index (χ2v) is 7.41. The van der Waals surface area contributed by atoms with Gasteiger partial charge < -0.3 is 15.5 Å². The predicted octanol–water partition coefficient (Wildman–Crippen LogP) is 1.81. The fourth-order valence-electron chi connectivity index (χ4n) is 2.66. The van der Waals surface area contributed by atoms with E-state index in [1.54, 1.807) is 11.3 Å². The second kappa shape index (κ2) is 8.48. The van der Waals surface area contributed by atoms with Crippen LogP contribution in [0.25, 0.3) is 0 Å². The highest BCUT2D eigenvalue weighted by Gasteiger charge is 2.16. The summed E-state index contributed by atoms with van der Waals surface area (Å²) in [6.07, 6.45) is 3.50. The Morgan fingerprint density at radius 1 is 1.32 bits per heavy atom. The zero-order valence-electron chi connectivity index (χ0n) is 14.3. The number of likely N-dealkylation sites (tertiary alicyclic amines) is 1. The number of hydrogen-bond donors (Lipinski definition) is 2. The van der Waals surface area contributed by atoms with Gasteiger partial charge in [-0.2, -0.15) is 0 Å². The summed E-state index contributed by atoms with van der Waals surface area (Å²) in [7, 11) is 4.04. The van der Waals surface area contributed by atoms with Crippen molar-refractivity contribution >= 4 is 17.3 Å². The zero-order chi connectivity index (χ0) is 15.9. The predicted molar refractivity (Wildman–Crippen MR) is 94.9 cm³/mol. The molecule has 1 aromatic rings. The molecule has 1 fully saturated rings. The van der Waals surface area contributed by atoms with Gasteiger partial charge in [0, 0.05) is 31.4 Å². The topological polar surface area (TPSA) is 52.6 Å². The van der Waals surface area contributed by atoms with Crippen molar-refractivity contribution in [2.75, 3.05) is 40.3 Å². The number of nitrogens with zero attached hydrogens (tertiary/aromatic N) is 3. The van der Waals surface area contributed by atoms with Gasteiger partial charge in [0.05, 0.1) is 10.7 Å². The van der Waals surface area contributed by atoms with Gasteiger partial charge in [-0.1, -0.05) is 0 Å². The summed E-state index contributed by atoms with van der Waals surface area (Å²) in [5.74, 6) is 1.67. The van der Waals surface area contributed by atoms with Crippen molar-refractivity contribution in [1.82, 2.24) is 20.5 Å². The third-order valence-electron chi connectivity index (χ3n) is 4.32. The van der Waals surface area contributed by atoms with Crippen LogP contribution in [0.2, 0.25) is 0 Å². The van der Waals surface area contributed by atoms with E-state index in [0.29, 0.717) is 0 Å². The molecule has 0 spiro atoms. The number of guanidine groups is 1. The summed E-state index contributed by atoms with van der Waals surface area (Å²) >= 11 is 1.79. The Labute approximate surface area is 138 Å². The Morgan fingerprint density at radius 3 is 2.64 bits per heavy atom. The summed E-state index contributed by atoms with van der Waals surface area (Å²) < 4.78 is 0.